The van der Waals surface area contributed by atoms with Crippen molar-refractivity contribution in [2.24, 2.45) is 0 Å². The molecule has 1 heterocycles. The highest BCUT2D eigenvalue weighted by molar-refractivity contribution is 4.59. The summed E-state index contributed by atoms with van der Waals surface area (Å²) in [5.41, 5.74) is 3.45. The highest BCUT2D eigenvalue weighted by Gasteiger charge is 2.06. The third kappa shape index (κ3) is 5.24. The number of hydrogen-bond donors (Lipinski definition) is 1. The zero-order valence-corrected chi connectivity index (χ0v) is 8.72. The minimum Gasteiger partial charge on any atom is -0.385 e. The largest absolute Gasteiger partial charge is 0.385 e. The third-order valence-electron chi connectivity index (χ3n) is 2.47. The molecule has 0 spiro atoms. The maximum absolute atomic E-state index is 5.00. The van der Waals surface area contributed by atoms with Crippen LogP contribution in [0.15, 0.2) is 0 Å². The van der Waals surface area contributed by atoms with Crippen LogP contribution in [0.3, 0.4) is 0 Å². The normalized spacial score (nSPS) is 20.1. The average Bonchev–Trinajstić information content (AvgIpc) is 2.41. The van der Waals surface area contributed by atoms with E-state index >= 15 is 0 Å². The molecule has 3 heteroatoms. The van der Waals surface area contributed by atoms with E-state index in [0.29, 0.717) is 0 Å². The summed E-state index contributed by atoms with van der Waals surface area (Å²) >= 11 is 0. The van der Waals surface area contributed by atoms with Crippen molar-refractivity contribution in [3.05, 3.63) is 0 Å². The van der Waals surface area contributed by atoms with Crippen LogP contribution in [0.25, 0.3) is 0 Å². The molecule has 13 heavy (non-hydrogen) atoms. The van der Waals surface area contributed by atoms with Crippen molar-refractivity contribution < 1.29 is 4.74 Å². The molecule has 0 aromatic heterocycles. The van der Waals surface area contributed by atoms with Gasteiger partial charge in [0, 0.05) is 33.4 Å². The fraction of sp³-hybridized carbons (Fsp3) is 1.00. The number of hydrazine groups is 1. The van der Waals surface area contributed by atoms with Crippen LogP contribution < -0.4 is 5.43 Å². The summed E-state index contributed by atoms with van der Waals surface area (Å²) in [6.07, 6.45) is 6.59. The van der Waals surface area contributed by atoms with Crippen molar-refractivity contribution >= 4 is 0 Å². The van der Waals surface area contributed by atoms with Gasteiger partial charge in [0.05, 0.1) is 0 Å². The van der Waals surface area contributed by atoms with E-state index in [-0.39, 0.29) is 0 Å². The van der Waals surface area contributed by atoms with Gasteiger partial charge >= 0.3 is 0 Å². The highest BCUT2D eigenvalue weighted by atomic mass is 16.5. The maximum Gasteiger partial charge on any atom is 0.0474 e. The van der Waals surface area contributed by atoms with E-state index in [2.05, 4.69) is 10.4 Å². The second kappa shape index (κ2) is 7.30. The first kappa shape index (κ1) is 11.0. The smallest absolute Gasteiger partial charge is 0.0474 e. The second-order valence-electron chi connectivity index (χ2n) is 3.66. The predicted molar refractivity (Wildman–Crippen MR) is 54.5 cm³/mol. The standard InChI is InChI=1S/C10H22N2O/c1-13-10-6-7-11-12-8-4-2-3-5-9-12/h11H,2-10H2,1H3. The van der Waals surface area contributed by atoms with Gasteiger partial charge in [-0.3, -0.25) is 5.43 Å². The van der Waals surface area contributed by atoms with Crippen molar-refractivity contribution in [2.75, 3.05) is 33.4 Å². The molecule has 1 aliphatic rings. The molecule has 0 aromatic carbocycles. The molecular formula is C10H22N2O. The molecule has 0 aliphatic carbocycles. The van der Waals surface area contributed by atoms with Gasteiger partial charge in [0.1, 0.15) is 0 Å². The lowest BCUT2D eigenvalue weighted by Crippen LogP contribution is -2.39. The molecule has 78 valence electrons. The summed E-state index contributed by atoms with van der Waals surface area (Å²) in [7, 11) is 1.76. The van der Waals surface area contributed by atoms with Crippen molar-refractivity contribution in [2.45, 2.75) is 32.1 Å². The Morgan fingerprint density at radius 1 is 1.15 bits per heavy atom. The van der Waals surface area contributed by atoms with Gasteiger partial charge in [-0.05, 0) is 19.3 Å². The molecule has 0 aromatic rings. The first-order chi connectivity index (χ1) is 6.43. The average molecular weight is 186 g/mol. The van der Waals surface area contributed by atoms with Crippen LogP contribution in [-0.4, -0.2) is 38.4 Å². The number of hydrogen-bond acceptors (Lipinski definition) is 3. The number of nitrogens with zero attached hydrogens (tertiary/aromatic N) is 1. The minimum absolute atomic E-state index is 0.862. The van der Waals surface area contributed by atoms with Crippen LogP contribution in [-0.2, 0) is 4.74 Å². The number of nitrogens with one attached hydrogen (secondary N) is 1. The van der Waals surface area contributed by atoms with E-state index in [1.807, 2.05) is 0 Å². The topological polar surface area (TPSA) is 24.5 Å². The van der Waals surface area contributed by atoms with Gasteiger partial charge < -0.3 is 4.74 Å². The van der Waals surface area contributed by atoms with Gasteiger partial charge in [-0.25, -0.2) is 5.01 Å². The lowest BCUT2D eigenvalue weighted by Gasteiger charge is -2.20. The summed E-state index contributed by atoms with van der Waals surface area (Å²) in [6, 6.07) is 0. The quantitative estimate of drug-likeness (QED) is 0.657. The number of rotatable bonds is 5. The Labute approximate surface area is 81.4 Å². The van der Waals surface area contributed by atoms with Crippen LogP contribution in [0.2, 0.25) is 0 Å². The van der Waals surface area contributed by atoms with Crippen molar-refractivity contribution in [1.29, 1.82) is 0 Å². The van der Waals surface area contributed by atoms with E-state index in [9.17, 15) is 0 Å². The number of methoxy groups -OCH3 is 1. The molecule has 3 nitrogen and oxygen atoms in total. The molecule has 1 saturated heterocycles. The SMILES string of the molecule is COCCCNN1CCCCCC1. The molecule has 1 rings (SSSR count). The van der Waals surface area contributed by atoms with Crippen LogP contribution in [0.1, 0.15) is 32.1 Å². The van der Waals surface area contributed by atoms with Crippen molar-refractivity contribution in [3.8, 4) is 0 Å². The Bertz CT molecular complexity index is 111. The lowest BCUT2D eigenvalue weighted by molar-refractivity contribution is 0.162. The summed E-state index contributed by atoms with van der Waals surface area (Å²) in [5.74, 6) is 0. The van der Waals surface area contributed by atoms with E-state index < -0.39 is 0 Å². The van der Waals surface area contributed by atoms with Crippen LogP contribution in [0, 0.1) is 0 Å². The maximum atomic E-state index is 5.00. The molecule has 0 unspecified atom stereocenters. The lowest BCUT2D eigenvalue weighted by atomic mass is 10.2. The van der Waals surface area contributed by atoms with Crippen LogP contribution in [0.5, 0.6) is 0 Å². The Hall–Kier alpha value is -0.120. The summed E-state index contributed by atoms with van der Waals surface area (Å²) < 4.78 is 5.00. The zero-order chi connectivity index (χ0) is 9.36. The first-order valence-electron chi connectivity index (χ1n) is 5.41. The van der Waals surface area contributed by atoms with E-state index in [1.165, 1.54) is 38.8 Å². The molecule has 0 radical (unpaired) electrons. The van der Waals surface area contributed by atoms with Gasteiger partial charge in [-0.2, -0.15) is 0 Å². The molecule has 0 amide bonds. The summed E-state index contributed by atoms with van der Waals surface area (Å²) in [5, 5.41) is 2.36. The fourth-order valence-corrected chi connectivity index (χ4v) is 1.68. The monoisotopic (exact) mass is 186 g/mol. The first-order valence-corrected chi connectivity index (χ1v) is 5.41. The van der Waals surface area contributed by atoms with Gasteiger partial charge in [-0.1, -0.05) is 12.8 Å². The van der Waals surface area contributed by atoms with Gasteiger partial charge in [0.15, 0.2) is 0 Å². The molecule has 1 N–H and O–H groups in total. The van der Waals surface area contributed by atoms with Crippen LogP contribution in [0.4, 0.5) is 0 Å². The van der Waals surface area contributed by atoms with Crippen molar-refractivity contribution in [3.63, 3.8) is 0 Å². The van der Waals surface area contributed by atoms with Crippen LogP contribution >= 0.6 is 0 Å². The highest BCUT2D eigenvalue weighted by Crippen LogP contribution is 2.07. The molecular weight excluding hydrogens is 164 g/mol. The zero-order valence-electron chi connectivity index (χ0n) is 8.72. The Morgan fingerprint density at radius 2 is 1.85 bits per heavy atom. The molecule has 0 bridgehead atoms. The van der Waals surface area contributed by atoms with E-state index in [0.717, 1.165) is 19.6 Å². The predicted octanol–water partition coefficient (Wildman–Crippen LogP) is 1.40. The molecule has 1 fully saturated rings. The summed E-state index contributed by atoms with van der Waals surface area (Å²) in [6.45, 7) is 4.34. The minimum atomic E-state index is 0.862. The van der Waals surface area contributed by atoms with Gasteiger partial charge in [0.25, 0.3) is 0 Å². The third-order valence-corrected chi connectivity index (χ3v) is 2.47. The molecule has 0 saturated carbocycles. The number of ether oxygens (including phenoxy) is 1. The Balaban J connectivity index is 1.98. The summed E-state index contributed by atoms with van der Waals surface area (Å²) in [4.78, 5) is 0. The van der Waals surface area contributed by atoms with Gasteiger partial charge in [-0.15, -0.1) is 0 Å². The van der Waals surface area contributed by atoms with E-state index in [4.69, 9.17) is 4.74 Å². The Morgan fingerprint density at radius 3 is 2.46 bits per heavy atom. The second-order valence-corrected chi connectivity index (χ2v) is 3.66. The van der Waals surface area contributed by atoms with E-state index in [1.54, 1.807) is 7.11 Å². The van der Waals surface area contributed by atoms with Crippen molar-refractivity contribution in [1.82, 2.24) is 10.4 Å². The molecule has 1 aliphatic heterocycles. The Kier molecular flexibility index (Phi) is 6.15. The van der Waals surface area contributed by atoms with Gasteiger partial charge in [0.2, 0.25) is 0 Å². The molecule has 0 atom stereocenters. The fourth-order valence-electron chi connectivity index (χ4n) is 1.68.